The number of halogens is 3. The highest BCUT2D eigenvalue weighted by Gasteiger charge is 2.12. The lowest BCUT2D eigenvalue weighted by Crippen LogP contribution is -1.99. The van der Waals surface area contributed by atoms with E-state index in [0.29, 0.717) is 16.8 Å². The Kier molecular flexibility index (Phi) is 3.68. The summed E-state index contributed by atoms with van der Waals surface area (Å²) in [7, 11) is 0. The predicted octanol–water partition coefficient (Wildman–Crippen LogP) is 4.54. The van der Waals surface area contributed by atoms with Gasteiger partial charge in [-0.05, 0) is 36.8 Å². The molecular formula is C14H9ClF2N2. The summed E-state index contributed by atoms with van der Waals surface area (Å²) in [5.41, 5.74) is 0.814. The van der Waals surface area contributed by atoms with Crippen LogP contribution in [0.1, 0.15) is 11.1 Å². The van der Waals surface area contributed by atoms with Crippen LogP contribution >= 0.6 is 11.6 Å². The fraction of sp³-hybridized carbons (Fsp3) is 0.0714. The van der Waals surface area contributed by atoms with Crippen LogP contribution < -0.4 is 5.32 Å². The van der Waals surface area contributed by atoms with Crippen LogP contribution in [-0.2, 0) is 0 Å². The van der Waals surface area contributed by atoms with Crippen LogP contribution in [0.4, 0.5) is 20.2 Å². The van der Waals surface area contributed by atoms with Crippen molar-refractivity contribution in [3.63, 3.8) is 0 Å². The van der Waals surface area contributed by atoms with Crippen molar-refractivity contribution in [2.24, 2.45) is 0 Å². The largest absolute Gasteiger partial charge is 0.351 e. The van der Waals surface area contributed by atoms with Crippen molar-refractivity contribution in [1.29, 1.82) is 5.26 Å². The first-order valence-corrected chi connectivity index (χ1v) is 5.82. The van der Waals surface area contributed by atoms with Crippen molar-refractivity contribution in [3.05, 3.63) is 58.1 Å². The zero-order valence-electron chi connectivity index (χ0n) is 9.97. The molecule has 0 aliphatic heterocycles. The summed E-state index contributed by atoms with van der Waals surface area (Å²) in [6.07, 6.45) is 0. The maximum absolute atomic E-state index is 13.8. The molecule has 19 heavy (non-hydrogen) atoms. The highest BCUT2D eigenvalue weighted by Crippen LogP contribution is 2.27. The molecule has 0 saturated carbocycles. The smallest absolute Gasteiger partial charge is 0.152 e. The lowest BCUT2D eigenvalue weighted by atomic mass is 10.1. The van der Waals surface area contributed by atoms with E-state index in [1.54, 1.807) is 6.92 Å². The third kappa shape index (κ3) is 2.67. The van der Waals surface area contributed by atoms with E-state index < -0.39 is 11.6 Å². The number of rotatable bonds is 2. The maximum Gasteiger partial charge on any atom is 0.152 e. The lowest BCUT2D eigenvalue weighted by Gasteiger charge is -2.11. The fourth-order valence-electron chi connectivity index (χ4n) is 1.60. The minimum Gasteiger partial charge on any atom is -0.351 e. The first-order valence-electron chi connectivity index (χ1n) is 5.44. The van der Waals surface area contributed by atoms with Gasteiger partial charge in [0.1, 0.15) is 17.6 Å². The van der Waals surface area contributed by atoms with E-state index in [1.807, 2.05) is 6.07 Å². The quantitative estimate of drug-likeness (QED) is 0.875. The second-order valence-electron chi connectivity index (χ2n) is 3.98. The third-order valence-corrected chi connectivity index (χ3v) is 2.96. The normalized spacial score (nSPS) is 10.1. The Balaban J connectivity index is 2.40. The van der Waals surface area contributed by atoms with Crippen molar-refractivity contribution in [2.45, 2.75) is 6.92 Å². The molecule has 0 spiro atoms. The summed E-state index contributed by atoms with van der Waals surface area (Å²) in [5.74, 6) is -1.34. The van der Waals surface area contributed by atoms with Crippen LogP contribution in [0.3, 0.4) is 0 Å². The van der Waals surface area contributed by atoms with Crippen LogP contribution in [0.25, 0.3) is 0 Å². The van der Waals surface area contributed by atoms with Crippen molar-refractivity contribution < 1.29 is 8.78 Å². The van der Waals surface area contributed by atoms with Gasteiger partial charge in [0, 0.05) is 5.69 Å². The Hall–Kier alpha value is -2.12. The van der Waals surface area contributed by atoms with E-state index in [0.717, 1.165) is 0 Å². The molecule has 0 aliphatic rings. The second kappa shape index (κ2) is 5.25. The van der Waals surface area contributed by atoms with Gasteiger partial charge in [-0.15, -0.1) is 0 Å². The second-order valence-corrected chi connectivity index (χ2v) is 4.39. The summed E-state index contributed by atoms with van der Waals surface area (Å²) in [6, 6.07) is 8.92. The Morgan fingerprint density at radius 1 is 1.21 bits per heavy atom. The average molecular weight is 279 g/mol. The summed E-state index contributed by atoms with van der Waals surface area (Å²) in [4.78, 5) is 0. The third-order valence-electron chi connectivity index (χ3n) is 2.64. The molecule has 2 aromatic carbocycles. The Bertz CT molecular complexity index is 678. The number of aryl methyl sites for hydroxylation is 1. The van der Waals surface area contributed by atoms with Gasteiger partial charge in [0.2, 0.25) is 0 Å². The first kappa shape index (κ1) is 13.3. The summed E-state index contributed by atoms with van der Waals surface area (Å²) in [5, 5.41) is 11.6. The number of hydrogen-bond acceptors (Lipinski definition) is 2. The molecule has 96 valence electrons. The van der Waals surface area contributed by atoms with Gasteiger partial charge >= 0.3 is 0 Å². The first-order chi connectivity index (χ1) is 9.02. The van der Waals surface area contributed by atoms with Gasteiger partial charge in [-0.1, -0.05) is 17.7 Å². The molecule has 0 radical (unpaired) electrons. The molecule has 2 nitrogen and oxygen atoms in total. The van der Waals surface area contributed by atoms with Gasteiger partial charge in [0.25, 0.3) is 0 Å². The minimum atomic E-state index is -0.691. The summed E-state index contributed by atoms with van der Waals surface area (Å²) < 4.78 is 27.4. The molecule has 1 N–H and O–H groups in total. The number of hydrogen-bond donors (Lipinski definition) is 1. The van der Waals surface area contributed by atoms with Gasteiger partial charge in [-0.2, -0.15) is 5.26 Å². The van der Waals surface area contributed by atoms with Crippen molar-refractivity contribution in [3.8, 4) is 6.07 Å². The Morgan fingerprint density at radius 2 is 1.95 bits per heavy atom. The molecule has 0 bridgehead atoms. The van der Waals surface area contributed by atoms with Gasteiger partial charge in [0.05, 0.1) is 10.6 Å². The Labute approximate surface area is 114 Å². The molecule has 0 aromatic heterocycles. The number of nitrogens with one attached hydrogen (secondary N) is 1. The molecular weight excluding hydrogens is 270 g/mol. The zero-order chi connectivity index (χ0) is 14.0. The minimum absolute atomic E-state index is 0.223. The number of nitriles is 1. The highest BCUT2D eigenvalue weighted by molar-refractivity contribution is 6.32. The van der Waals surface area contributed by atoms with E-state index in [2.05, 4.69) is 5.32 Å². The number of anilines is 2. The van der Waals surface area contributed by atoms with Gasteiger partial charge in [-0.25, -0.2) is 8.78 Å². The van der Waals surface area contributed by atoms with Gasteiger partial charge in [0.15, 0.2) is 5.82 Å². The van der Waals surface area contributed by atoms with Crippen LogP contribution in [0.2, 0.25) is 5.02 Å². The van der Waals surface area contributed by atoms with E-state index in [9.17, 15) is 8.78 Å². The molecule has 0 amide bonds. The van der Waals surface area contributed by atoms with Gasteiger partial charge < -0.3 is 5.32 Å². The number of benzene rings is 2. The van der Waals surface area contributed by atoms with Crippen molar-refractivity contribution >= 4 is 23.0 Å². The molecule has 0 aliphatic carbocycles. The maximum atomic E-state index is 13.8. The van der Waals surface area contributed by atoms with E-state index >= 15 is 0 Å². The monoisotopic (exact) mass is 278 g/mol. The fourth-order valence-corrected chi connectivity index (χ4v) is 1.82. The number of nitrogens with zero attached hydrogens (tertiary/aromatic N) is 1. The van der Waals surface area contributed by atoms with Crippen molar-refractivity contribution in [2.75, 3.05) is 5.32 Å². The molecule has 0 heterocycles. The molecule has 0 unspecified atom stereocenters. The molecule has 2 rings (SSSR count). The average Bonchev–Trinajstić information content (AvgIpc) is 2.39. The van der Waals surface area contributed by atoms with Crippen LogP contribution in [0.5, 0.6) is 0 Å². The molecule has 0 atom stereocenters. The van der Waals surface area contributed by atoms with Crippen LogP contribution in [0.15, 0.2) is 30.3 Å². The van der Waals surface area contributed by atoms with Gasteiger partial charge in [-0.3, -0.25) is 0 Å². The lowest BCUT2D eigenvalue weighted by molar-refractivity contribution is 0.585. The Morgan fingerprint density at radius 3 is 2.58 bits per heavy atom. The molecule has 0 saturated heterocycles. The predicted molar refractivity (Wildman–Crippen MR) is 70.5 cm³/mol. The van der Waals surface area contributed by atoms with E-state index in [1.165, 1.54) is 30.3 Å². The van der Waals surface area contributed by atoms with Crippen LogP contribution in [0, 0.1) is 29.9 Å². The summed E-state index contributed by atoms with van der Waals surface area (Å²) in [6.45, 7) is 1.55. The SMILES string of the molecule is Cc1ccc(F)c(Nc2ccc(C#N)c(Cl)c2)c1F. The highest BCUT2D eigenvalue weighted by atomic mass is 35.5. The van der Waals surface area contributed by atoms with E-state index in [4.69, 9.17) is 16.9 Å². The zero-order valence-corrected chi connectivity index (χ0v) is 10.7. The molecule has 2 aromatic rings. The molecule has 5 heteroatoms. The summed E-state index contributed by atoms with van der Waals surface area (Å²) >= 11 is 5.86. The molecule has 0 fully saturated rings. The van der Waals surface area contributed by atoms with Crippen molar-refractivity contribution in [1.82, 2.24) is 0 Å². The van der Waals surface area contributed by atoms with Crippen LogP contribution in [-0.4, -0.2) is 0 Å². The van der Waals surface area contributed by atoms with E-state index in [-0.39, 0.29) is 10.7 Å². The standard InChI is InChI=1S/C14H9ClF2N2/c1-8-2-5-12(16)14(13(8)17)19-10-4-3-9(7-18)11(15)6-10/h2-6,19H,1H3. The topological polar surface area (TPSA) is 35.8 Å².